The van der Waals surface area contributed by atoms with E-state index in [4.69, 9.17) is 0 Å². The van der Waals surface area contributed by atoms with Gasteiger partial charge < -0.3 is 5.32 Å². The summed E-state index contributed by atoms with van der Waals surface area (Å²) in [5, 5.41) is 2.70. The molecule has 0 aliphatic heterocycles. The lowest BCUT2D eigenvalue weighted by Gasteiger charge is -2.07. The number of rotatable bonds is 6. The zero-order valence-electron chi connectivity index (χ0n) is 9.32. The van der Waals surface area contributed by atoms with Crippen molar-refractivity contribution in [3.05, 3.63) is 29.6 Å². The average Bonchev–Trinajstić information content (AvgIpc) is 2.24. The van der Waals surface area contributed by atoms with Gasteiger partial charge in [-0.05, 0) is 6.42 Å². The van der Waals surface area contributed by atoms with Crippen molar-refractivity contribution < 1.29 is 13.2 Å². The van der Waals surface area contributed by atoms with Crippen LogP contribution in [0.5, 0.6) is 0 Å². The molecule has 4 heteroatoms. The van der Waals surface area contributed by atoms with Gasteiger partial charge in [-0.25, -0.2) is 13.2 Å². The number of halogens is 3. The minimum Gasteiger partial charge on any atom is -0.383 e. The molecular formula is C12H16F3N. The molecule has 0 amide bonds. The topological polar surface area (TPSA) is 12.0 Å². The fraction of sp³-hybridized carbons (Fsp3) is 0.500. The summed E-state index contributed by atoms with van der Waals surface area (Å²) in [7, 11) is 0. The predicted molar refractivity (Wildman–Crippen MR) is 58.9 cm³/mol. The Labute approximate surface area is 93.7 Å². The quantitative estimate of drug-likeness (QED) is 0.574. The van der Waals surface area contributed by atoms with Crippen LogP contribution in [0.2, 0.25) is 0 Å². The van der Waals surface area contributed by atoms with E-state index in [1.807, 2.05) is 0 Å². The molecule has 1 aromatic carbocycles. The SMILES string of the molecule is CCCCCCNc1cc(F)cc(F)c1F. The van der Waals surface area contributed by atoms with Crippen molar-refractivity contribution >= 4 is 5.69 Å². The van der Waals surface area contributed by atoms with Gasteiger partial charge in [-0.3, -0.25) is 0 Å². The van der Waals surface area contributed by atoms with Crippen LogP contribution in [0.25, 0.3) is 0 Å². The summed E-state index contributed by atoms with van der Waals surface area (Å²) < 4.78 is 38.8. The van der Waals surface area contributed by atoms with Gasteiger partial charge in [0.15, 0.2) is 11.6 Å². The molecule has 0 aromatic heterocycles. The molecule has 0 saturated carbocycles. The van der Waals surface area contributed by atoms with E-state index in [1.54, 1.807) is 0 Å². The van der Waals surface area contributed by atoms with Gasteiger partial charge in [0.05, 0.1) is 5.69 Å². The first-order valence-electron chi connectivity index (χ1n) is 5.53. The standard InChI is InChI=1S/C12H16F3N/c1-2-3-4-5-6-16-11-8-9(13)7-10(14)12(11)15/h7-8,16H,2-6H2,1H3. The number of hydrogen-bond acceptors (Lipinski definition) is 1. The molecule has 0 fully saturated rings. The van der Waals surface area contributed by atoms with Gasteiger partial charge in [-0.1, -0.05) is 26.2 Å². The third kappa shape index (κ3) is 3.76. The third-order valence-electron chi connectivity index (χ3n) is 2.34. The highest BCUT2D eigenvalue weighted by molar-refractivity contribution is 5.45. The highest BCUT2D eigenvalue weighted by atomic mass is 19.2. The summed E-state index contributed by atoms with van der Waals surface area (Å²) in [6.45, 7) is 2.62. The van der Waals surface area contributed by atoms with Crippen LogP contribution >= 0.6 is 0 Å². The van der Waals surface area contributed by atoms with Crippen LogP contribution < -0.4 is 5.32 Å². The summed E-state index contributed by atoms with van der Waals surface area (Å²) in [5.41, 5.74) is -0.103. The molecule has 0 aliphatic rings. The normalized spacial score (nSPS) is 10.5. The number of anilines is 1. The van der Waals surface area contributed by atoms with E-state index in [2.05, 4.69) is 12.2 Å². The van der Waals surface area contributed by atoms with Crippen molar-refractivity contribution in [3.63, 3.8) is 0 Å². The van der Waals surface area contributed by atoms with Crippen molar-refractivity contribution in [2.45, 2.75) is 32.6 Å². The highest BCUT2D eigenvalue weighted by Gasteiger charge is 2.09. The maximum absolute atomic E-state index is 13.2. The molecule has 0 heterocycles. The van der Waals surface area contributed by atoms with E-state index in [-0.39, 0.29) is 5.69 Å². The van der Waals surface area contributed by atoms with Crippen molar-refractivity contribution in [1.29, 1.82) is 0 Å². The Morgan fingerprint density at radius 2 is 1.81 bits per heavy atom. The molecule has 16 heavy (non-hydrogen) atoms. The van der Waals surface area contributed by atoms with Crippen LogP contribution in [0.3, 0.4) is 0 Å². The second-order valence-corrected chi connectivity index (χ2v) is 3.74. The molecule has 0 saturated heterocycles. The van der Waals surface area contributed by atoms with E-state index in [0.717, 1.165) is 31.7 Å². The number of hydrogen-bond donors (Lipinski definition) is 1. The van der Waals surface area contributed by atoms with Gasteiger partial charge in [0.25, 0.3) is 0 Å². The zero-order chi connectivity index (χ0) is 12.0. The van der Waals surface area contributed by atoms with Gasteiger partial charge in [-0.15, -0.1) is 0 Å². The molecule has 0 bridgehead atoms. The van der Waals surface area contributed by atoms with Gasteiger partial charge in [0, 0.05) is 18.7 Å². The first-order valence-corrected chi connectivity index (χ1v) is 5.53. The zero-order valence-corrected chi connectivity index (χ0v) is 9.32. The van der Waals surface area contributed by atoms with Gasteiger partial charge in [0.1, 0.15) is 5.82 Å². The van der Waals surface area contributed by atoms with Crippen LogP contribution in [0.15, 0.2) is 12.1 Å². The Morgan fingerprint density at radius 1 is 1.06 bits per heavy atom. The Morgan fingerprint density at radius 3 is 2.50 bits per heavy atom. The fourth-order valence-corrected chi connectivity index (χ4v) is 1.46. The monoisotopic (exact) mass is 231 g/mol. The average molecular weight is 231 g/mol. The second kappa shape index (κ2) is 6.40. The Bertz CT molecular complexity index is 339. The van der Waals surface area contributed by atoms with Crippen LogP contribution in [0.1, 0.15) is 32.6 Å². The maximum atomic E-state index is 13.2. The van der Waals surface area contributed by atoms with E-state index < -0.39 is 17.5 Å². The van der Waals surface area contributed by atoms with Crippen molar-refractivity contribution in [3.8, 4) is 0 Å². The van der Waals surface area contributed by atoms with Gasteiger partial charge >= 0.3 is 0 Å². The molecule has 0 spiro atoms. The van der Waals surface area contributed by atoms with Crippen molar-refractivity contribution in [2.24, 2.45) is 0 Å². The van der Waals surface area contributed by atoms with E-state index in [1.165, 1.54) is 0 Å². The molecule has 1 N–H and O–H groups in total. The lowest BCUT2D eigenvalue weighted by molar-refractivity contribution is 0.497. The number of unbranched alkanes of at least 4 members (excludes halogenated alkanes) is 3. The molecule has 0 atom stereocenters. The summed E-state index contributed by atoms with van der Waals surface area (Å²) in [5.74, 6) is -2.94. The third-order valence-corrected chi connectivity index (χ3v) is 2.34. The van der Waals surface area contributed by atoms with E-state index in [9.17, 15) is 13.2 Å². The molecule has 1 rings (SSSR count). The lowest BCUT2D eigenvalue weighted by Crippen LogP contribution is -2.05. The van der Waals surface area contributed by atoms with Crippen LogP contribution in [0.4, 0.5) is 18.9 Å². The van der Waals surface area contributed by atoms with Gasteiger partial charge in [0.2, 0.25) is 0 Å². The van der Waals surface area contributed by atoms with Gasteiger partial charge in [-0.2, -0.15) is 0 Å². The summed E-state index contributed by atoms with van der Waals surface area (Å²) in [6.07, 6.45) is 4.12. The van der Waals surface area contributed by atoms with E-state index in [0.29, 0.717) is 12.6 Å². The largest absolute Gasteiger partial charge is 0.383 e. The molecule has 90 valence electrons. The summed E-state index contributed by atoms with van der Waals surface area (Å²) in [4.78, 5) is 0. The molecular weight excluding hydrogens is 215 g/mol. The molecule has 1 aromatic rings. The van der Waals surface area contributed by atoms with Crippen LogP contribution in [-0.4, -0.2) is 6.54 Å². The first-order chi connectivity index (χ1) is 7.65. The number of benzene rings is 1. The lowest BCUT2D eigenvalue weighted by atomic mass is 10.2. The molecule has 0 unspecified atom stereocenters. The fourth-order valence-electron chi connectivity index (χ4n) is 1.46. The predicted octanol–water partition coefficient (Wildman–Crippen LogP) is 4.10. The highest BCUT2D eigenvalue weighted by Crippen LogP contribution is 2.19. The van der Waals surface area contributed by atoms with Crippen LogP contribution in [-0.2, 0) is 0 Å². The molecule has 0 radical (unpaired) electrons. The molecule has 1 nitrogen and oxygen atoms in total. The smallest absolute Gasteiger partial charge is 0.182 e. The second-order valence-electron chi connectivity index (χ2n) is 3.74. The van der Waals surface area contributed by atoms with Crippen molar-refractivity contribution in [2.75, 3.05) is 11.9 Å². The Kier molecular flexibility index (Phi) is 5.15. The Hall–Kier alpha value is -1.19. The summed E-state index contributed by atoms with van der Waals surface area (Å²) >= 11 is 0. The van der Waals surface area contributed by atoms with E-state index >= 15 is 0 Å². The molecule has 0 aliphatic carbocycles. The Balaban J connectivity index is 2.47. The maximum Gasteiger partial charge on any atom is 0.182 e. The minimum absolute atomic E-state index is 0.103. The minimum atomic E-state index is -1.16. The summed E-state index contributed by atoms with van der Waals surface area (Å²) in [6, 6.07) is 1.51. The first kappa shape index (κ1) is 12.9. The van der Waals surface area contributed by atoms with Crippen LogP contribution in [0, 0.1) is 17.5 Å². The number of nitrogens with one attached hydrogen (secondary N) is 1. The van der Waals surface area contributed by atoms with Crippen molar-refractivity contribution in [1.82, 2.24) is 0 Å².